The number of hydrogen-bond acceptors (Lipinski definition) is 4. The fraction of sp³-hybridized carbons (Fsp3) is 0.692. The number of furan rings is 1. The average Bonchev–Trinajstić information content (AvgIpc) is 2.89. The van der Waals surface area contributed by atoms with Crippen LogP contribution in [-0.4, -0.2) is 49.4 Å². The summed E-state index contributed by atoms with van der Waals surface area (Å²) < 4.78 is 39.0. The molecule has 1 aliphatic heterocycles. The van der Waals surface area contributed by atoms with Crippen LogP contribution in [0.15, 0.2) is 22.8 Å². The molecule has 1 saturated heterocycles. The summed E-state index contributed by atoms with van der Waals surface area (Å²) in [5.74, 6) is 0.628. The second-order valence-corrected chi connectivity index (χ2v) is 7.65. The van der Waals surface area contributed by atoms with E-state index in [9.17, 15) is 8.42 Å². The van der Waals surface area contributed by atoms with Crippen LogP contribution in [0.5, 0.6) is 0 Å². The summed E-state index contributed by atoms with van der Waals surface area (Å²) in [6.07, 6.45) is 1.55. The predicted molar refractivity (Wildman–Crippen MR) is 75.4 cm³/mol. The van der Waals surface area contributed by atoms with Gasteiger partial charge in [-0.25, -0.2) is 0 Å². The molecule has 1 aromatic heterocycles. The van der Waals surface area contributed by atoms with E-state index in [2.05, 4.69) is 0 Å². The molecule has 1 atom stereocenters. The molecule has 0 aromatic carbocycles. The third-order valence-corrected chi connectivity index (χ3v) is 5.59. The van der Waals surface area contributed by atoms with Crippen LogP contribution in [0.1, 0.15) is 32.6 Å². The lowest BCUT2D eigenvalue weighted by Gasteiger charge is -2.39. The van der Waals surface area contributed by atoms with Gasteiger partial charge in [0, 0.05) is 20.1 Å². The lowest BCUT2D eigenvalue weighted by molar-refractivity contribution is -0.0653. The highest BCUT2D eigenvalue weighted by Gasteiger charge is 2.38. The molecule has 1 aliphatic rings. The highest BCUT2D eigenvalue weighted by Crippen LogP contribution is 2.26. The van der Waals surface area contributed by atoms with Gasteiger partial charge >= 0.3 is 0 Å². The van der Waals surface area contributed by atoms with Crippen molar-refractivity contribution in [2.45, 2.75) is 32.4 Å². The molecule has 20 heavy (non-hydrogen) atoms. The van der Waals surface area contributed by atoms with Crippen LogP contribution in [0.3, 0.4) is 0 Å². The Morgan fingerprint density at radius 1 is 1.45 bits per heavy atom. The van der Waals surface area contributed by atoms with Crippen molar-refractivity contribution in [3.05, 3.63) is 24.2 Å². The van der Waals surface area contributed by atoms with Gasteiger partial charge in [-0.3, -0.25) is 0 Å². The van der Waals surface area contributed by atoms with Crippen molar-refractivity contribution in [3.8, 4) is 0 Å². The van der Waals surface area contributed by atoms with Crippen molar-refractivity contribution < 1.29 is 17.6 Å². The summed E-state index contributed by atoms with van der Waals surface area (Å²) in [7, 11) is -1.96. The largest absolute Gasteiger partial charge is 0.468 e. The summed E-state index contributed by atoms with van der Waals surface area (Å²) in [5.41, 5.74) is -0.458. The van der Waals surface area contributed by atoms with Gasteiger partial charge in [0.15, 0.2) is 0 Å². The molecule has 2 heterocycles. The van der Waals surface area contributed by atoms with Crippen LogP contribution in [0.2, 0.25) is 0 Å². The molecule has 0 N–H and O–H groups in total. The molecule has 0 unspecified atom stereocenters. The standard InChI is InChI=1S/C13H22N2O4S/c1-11(12-6-5-8-18-12)14(4)20(16,17)15-7-9-19-13(2,3)10-15/h5-6,8,11H,7,9-10H2,1-4H3/t11-/m0/s1. The molecule has 0 saturated carbocycles. The van der Waals surface area contributed by atoms with Crippen molar-refractivity contribution in [1.29, 1.82) is 0 Å². The van der Waals surface area contributed by atoms with E-state index in [1.807, 2.05) is 20.8 Å². The number of nitrogens with zero attached hydrogens (tertiary/aromatic N) is 2. The SMILES string of the molecule is C[C@@H](c1ccco1)N(C)S(=O)(=O)N1CCOC(C)(C)C1. The lowest BCUT2D eigenvalue weighted by Crippen LogP contribution is -2.54. The molecular formula is C13H22N2O4S. The van der Waals surface area contributed by atoms with Gasteiger partial charge in [-0.1, -0.05) is 0 Å². The normalized spacial score (nSPS) is 22.1. The quantitative estimate of drug-likeness (QED) is 0.848. The van der Waals surface area contributed by atoms with E-state index in [-0.39, 0.29) is 6.04 Å². The minimum absolute atomic E-state index is 0.346. The summed E-state index contributed by atoms with van der Waals surface area (Å²) >= 11 is 0. The van der Waals surface area contributed by atoms with Gasteiger partial charge in [0.2, 0.25) is 0 Å². The van der Waals surface area contributed by atoms with Gasteiger partial charge in [-0.2, -0.15) is 17.0 Å². The van der Waals surface area contributed by atoms with Crippen molar-refractivity contribution in [2.24, 2.45) is 0 Å². The zero-order chi connectivity index (χ0) is 15.0. The van der Waals surface area contributed by atoms with E-state index in [4.69, 9.17) is 9.15 Å². The molecule has 0 spiro atoms. The van der Waals surface area contributed by atoms with E-state index in [0.29, 0.717) is 25.5 Å². The second kappa shape index (κ2) is 5.48. The third-order valence-electron chi connectivity index (χ3n) is 3.58. The first-order valence-corrected chi connectivity index (χ1v) is 8.04. The monoisotopic (exact) mass is 302 g/mol. The Labute approximate surface area is 120 Å². The second-order valence-electron chi connectivity index (χ2n) is 5.66. The Balaban J connectivity index is 2.17. The fourth-order valence-electron chi connectivity index (χ4n) is 2.26. The van der Waals surface area contributed by atoms with Gasteiger partial charge in [-0.15, -0.1) is 0 Å². The maximum Gasteiger partial charge on any atom is 0.282 e. The summed E-state index contributed by atoms with van der Waals surface area (Å²) in [6, 6.07) is 3.19. The zero-order valence-corrected chi connectivity index (χ0v) is 13.2. The molecule has 2 rings (SSSR count). The summed E-state index contributed by atoms with van der Waals surface area (Å²) in [5, 5.41) is 0. The maximum atomic E-state index is 12.7. The Kier molecular flexibility index (Phi) is 4.24. The van der Waals surface area contributed by atoms with Crippen LogP contribution < -0.4 is 0 Å². The number of rotatable bonds is 4. The highest BCUT2D eigenvalue weighted by atomic mass is 32.2. The van der Waals surface area contributed by atoms with E-state index < -0.39 is 15.8 Å². The Bertz CT molecular complexity index is 539. The van der Waals surface area contributed by atoms with Crippen molar-refractivity contribution >= 4 is 10.2 Å². The number of ether oxygens (including phenoxy) is 1. The van der Waals surface area contributed by atoms with Gasteiger partial charge in [0.25, 0.3) is 10.2 Å². The van der Waals surface area contributed by atoms with Crippen LogP contribution in [0.25, 0.3) is 0 Å². The first-order chi connectivity index (χ1) is 9.24. The number of morpholine rings is 1. The average molecular weight is 302 g/mol. The zero-order valence-electron chi connectivity index (χ0n) is 12.4. The number of hydrogen-bond donors (Lipinski definition) is 0. The van der Waals surface area contributed by atoms with Gasteiger partial charge in [-0.05, 0) is 32.9 Å². The molecule has 0 aliphatic carbocycles. The van der Waals surface area contributed by atoms with E-state index in [1.54, 1.807) is 25.4 Å². The predicted octanol–water partition coefficient (Wildman–Crippen LogP) is 1.63. The molecule has 0 radical (unpaired) electrons. The molecule has 0 bridgehead atoms. The van der Waals surface area contributed by atoms with Gasteiger partial charge in [0.05, 0.1) is 24.5 Å². The van der Waals surface area contributed by atoms with E-state index >= 15 is 0 Å². The minimum Gasteiger partial charge on any atom is -0.468 e. The van der Waals surface area contributed by atoms with Gasteiger partial charge < -0.3 is 9.15 Å². The van der Waals surface area contributed by atoms with Crippen molar-refractivity contribution in [1.82, 2.24) is 8.61 Å². The van der Waals surface area contributed by atoms with Crippen LogP contribution in [0, 0.1) is 0 Å². The Morgan fingerprint density at radius 3 is 2.70 bits per heavy atom. The van der Waals surface area contributed by atoms with Crippen LogP contribution in [0.4, 0.5) is 0 Å². The molecule has 6 nitrogen and oxygen atoms in total. The molecule has 7 heteroatoms. The first-order valence-electron chi connectivity index (χ1n) is 6.64. The van der Waals surface area contributed by atoms with E-state index in [0.717, 1.165) is 0 Å². The summed E-state index contributed by atoms with van der Waals surface area (Å²) in [4.78, 5) is 0. The maximum absolute atomic E-state index is 12.7. The molecule has 1 fully saturated rings. The third kappa shape index (κ3) is 3.06. The first kappa shape index (κ1) is 15.5. The lowest BCUT2D eigenvalue weighted by atomic mass is 10.1. The fourth-order valence-corrected chi connectivity index (χ4v) is 3.91. The topological polar surface area (TPSA) is 63.0 Å². The minimum atomic E-state index is -3.53. The molecule has 114 valence electrons. The van der Waals surface area contributed by atoms with E-state index in [1.165, 1.54) is 8.61 Å². The summed E-state index contributed by atoms with van der Waals surface area (Å²) in [6.45, 7) is 6.73. The Hall–Kier alpha value is -0.890. The van der Waals surface area contributed by atoms with Crippen LogP contribution in [-0.2, 0) is 14.9 Å². The van der Waals surface area contributed by atoms with Gasteiger partial charge in [0.1, 0.15) is 5.76 Å². The highest BCUT2D eigenvalue weighted by molar-refractivity contribution is 7.86. The molecule has 0 amide bonds. The molecule has 1 aromatic rings. The van der Waals surface area contributed by atoms with Crippen molar-refractivity contribution in [2.75, 3.05) is 26.7 Å². The smallest absolute Gasteiger partial charge is 0.282 e. The Morgan fingerprint density at radius 2 is 2.15 bits per heavy atom. The van der Waals surface area contributed by atoms with Crippen molar-refractivity contribution in [3.63, 3.8) is 0 Å². The molecular weight excluding hydrogens is 280 g/mol. The van der Waals surface area contributed by atoms with Crippen LogP contribution >= 0.6 is 0 Å².